The van der Waals surface area contributed by atoms with E-state index < -0.39 is 0 Å². The van der Waals surface area contributed by atoms with Gasteiger partial charge in [-0.05, 0) is 44.3 Å². The fraction of sp³-hybridized carbons (Fsp3) is 0.529. The number of nitrogens with zero attached hydrogens (tertiary/aromatic N) is 3. The molecule has 1 aliphatic heterocycles. The van der Waals surface area contributed by atoms with Crippen LogP contribution < -0.4 is 9.47 Å². The highest BCUT2D eigenvalue weighted by atomic mass is 32.1. The second-order valence-electron chi connectivity index (χ2n) is 6.18. The summed E-state index contributed by atoms with van der Waals surface area (Å²) in [4.78, 5) is 2.60. The highest BCUT2D eigenvalue weighted by Crippen LogP contribution is 2.31. The molecule has 0 saturated carbocycles. The Balaban J connectivity index is 1.82. The third kappa shape index (κ3) is 4.02. The zero-order chi connectivity index (χ0) is 18.0. The molecule has 2 atom stereocenters. The van der Waals surface area contributed by atoms with E-state index in [-0.39, 0.29) is 12.2 Å². The van der Waals surface area contributed by atoms with Crippen molar-refractivity contribution in [3.8, 4) is 23.0 Å². The summed E-state index contributed by atoms with van der Waals surface area (Å²) in [5, 5.41) is 4.52. The Labute approximate surface area is 152 Å². The van der Waals surface area contributed by atoms with Gasteiger partial charge in [0.1, 0.15) is 0 Å². The van der Waals surface area contributed by atoms with Crippen LogP contribution in [0.15, 0.2) is 22.6 Å². The second-order valence-corrected chi connectivity index (χ2v) is 6.53. The predicted octanol–water partition coefficient (Wildman–Crippen LogP) is 2.96. The zero-order valence-electron chi connectivity index (χ0n) is 14.9. The van der Waals surface area contributed by atoms with Gasteiger partial charge in [-0.15, -0.1) is 5.10 Å². The van der Waals surface area contributed by atoms with Crippen LogP contribution in [0.3, 0.4) is 0 Å². The Kier molecular flexibility index (Phi) is 5.41. The molecule has 3 rings (SSSR count). The van der Waals surface area contributed by atoms with Crippen LogP contribution >= 0.6 is 12.2 Å². The lowest BCUT2D eigenvalue weighted by Crippen LogP contribution is -2.46. The summed E-state index contributed by atoms with van der Waals surface area (Å²) in [7, 11) is 3.19. The summed E-state index contributed by atoms with van der Waals surface area (Å²) in [6, 6.07) is 5.50. The summed E-state index contributed by atoms with van der Waals surface area (Å²) in [6.45, 7) is 6.39. The first-order valence-electron chi connectivity index (χ1n) is 8.18. The summed E-state index contributed by atoms with van der Waals surface area (Å²) in [5.74, 6) is 1.73. The van der Waals surface area contributed by atoms with Crippen molar-refractivity contribution >= 4 is 12.2 Å². The van der Waals surface area contributed by atoms with Gasteiger partial charge < -0.3 is 18.6 Å². The van der Waals surface area contributed by atoms with Gasteiger partial charge in [0.2, 0.25) is 5.89 Å². The lowest BCUT2D eigenvalue weighted by molar-refractivity contribution is -0.0778. The van der Waals surface area contributed by atoms with Crippen molar-refractivity contribution in [2.24, 2.45) is 0 Å². The molecule has 1 aromatic heterocycles. The number of hydrogen-bond donors (Lipinski definition) is 0. The average molecular weight is 365 g/mol. The predicted molar refractivity (Wildman–Crippen MR) is 95.4 cm³/mol. The lowest BCUT2D eigenvalue weighted by atomic mass is 10.2. The number of morpholine rings is 1. The minimum atomic E-state index is 0.190. The zero-order valence-corrected chi connectivity index (χ0v) is 15.7. The van der Waals surface area contributed by atoms with Crippen molar-refractivity contribution in [2.75, 3.05) is 27.3 Å². The number of hydrogen-bond acceptors (Lipinski definition) is 7. The molecule has 136 valence electrons. The van der Waals surface area contributed by atoms with Gasteiger partial charge in [-0.25, -0.2) is 4.68 Å². The molecule has 1 aliphatic rings. The molecule has 2 aromatic rings. The van der Waals surface area contributed by atoms with Crippen LogP contribution in [0.4, 0.5) is 0 Å². The van der Waals surface area contributed by atoms with Crippen LogP contribution in [-0.4, -0.2) is 54.2 Å². The Bertz CT molecular complexity index is 778. The fourth-order valence-corrected chi connectivity index (χ4v) is 3.25. The third-order valence-corrected chi connectivity index (χ3v) is 4.36. The van der Waals surface area contributed by atoms with Crippen LogP contribution in [0.2, 0.25) is 0 Å². The number of ether oxygens (including phenoxy) is 3. The number of benzene rings is 1. The minimum Gasteiger partial charge on any atom is -0.493 e. The van der Waals surface area contributed by atoms with Crippen molar-refractivity contribution in [1.29, 1.82) is 0 Å². The Hall–Kier alpha value is -1.90. The number of rotatable bonds is 5. The largest absolute Gasteiger partial charge is 0.493 e. The summed E-state index contributed by atoms with van der Waals surface area (Å²) >= 11 is 5.33. The SMILES string of the molecule is COc1ccc(-c2nn(CN3CC(C)OC(C)C3)c(=S)o2)cc1OC. The van der Waals surface area contributed by atoms with Crippen molar-refractivity contribution in [3.05, 3.63) is 23.0 Å². The Morgan fingerprint density at radius 1 is 1.16 bits per heavy atom. The third-order valence-electron chi connectivity index (χ3n) is 4.07. The van der Waals surface area contributed by atoms with E-state index >= 15 is 0 Å². The van der Waals surface area contributed by atoms with Gasteiger partial charge in [0.25, 0.3) is 4.84 Å². The van der Waals surface area contributed by atoms with E-state index in [2.05, 4.69) is 23.8 Å². The maximum Gasteiger partial charge on any atom is 0.288 e. The summed E-state index contributed by atoms with van der Waals surface area (Å²) < 4.78 is 23.7. The minimum absolute atomic E-state index is 0.190. The van der Waals surface area contributed by atoms with Gasteiger partial charge in [0.15, 0.2) is 11.5 Å². The van der Waals surface area contributed by atoms with Crippen molar-refractivity contribution in [3.63, 3.8) is 0 Å². The molecule has 2 unspecified atom stereocenters. The quantitative estimate of drug-likeness (QED) is 0.755. The molecule has 1 fully saturated rings. The summed E-state index contributed by atoms with van der Waals surface area (Å²) in [6.07, 6.45) is 0.380. The molecular formula is C17H23N3O4S. The highest BCUT2D eigenvalue weighted by molar-refractivity contribution is 7.71. The molecule has 0 amide bonds. The molecule has 1 saturated heterocycles. The monoisotopic (exact) mass is 365 g/mol. The van der Waals surface area contributed by atoms with Crippen LogP contribution in [0.25, 0.3) is 11.5 Å². The van der Waals surface area contributed by atoms with E-state index in [0.717, 1.165) is 18.7 Å². The van der Waals surface area contributed by atoms with Crippen molar-refractivity contribution in [1.82, 2.24) is 14.7 Å². The maximum atomic E-state index is 5.76. The fourth-order valence-electron chi connectivity index (χ4n) is 3.07. The van der Waals surface area contributed by atoms with Gasteiger partial charge in [0, 0.05) is 18.7 Å². The van der Waals surface area contributed by atoms with Crippen molar-refractivity contribution < 1.29 is 18.6 Å². The maximum absolute atomic E-state index is 5.76. The molecule has 0 bridgehead atoms. The molecule has 25 heavy (non-hydrogen) atoms. The van der Waals surface area contributed by atoms with Gasteiger partial charge >= 0.3 is 0 Å². The topological polar surface area (TPSA) is 61.9 Å². The normalized spacial score (nSPS) is 21.3. The van der Waals surface area contributed by atoms with E-state index in [1.807, 2.05) is 18.2 Å². The highest BCUT2D eigenvalue weighted by Gasteiger charge is 2.23. The Morgan fingerprint density at radius 2 is 1.84 bits per heavy atom. The van der Waals surface area contributed by atoms with E-state index in [0.29, 0.717) is 28.9 Å². The molecule has 0 aliphatic carbocycles. The molecule has 8 heteroatoms. The molecular weight excluding hydrogens is 342 g/mol. The van der Waals surface area contributed by atoms with Crippen LogP contribution in [-0.2, 0) is 11.4 Å². The van der Waals surface area contributed by atoms with Crippen LogP contribution in [0, 0.1) is 4.84 Å². The number of aromatic nitrogens is 2. The molecule has 7 nitrogen and oxygen atoms in total. The van der Waals surface area contributed by atoms with E-state index in [4.69, 9.17) is 30.8 Å². The lowest BCUT2D eigenvalue weighted by Gasteiger charge is -2.34. The standard InChI is InChI=1S/C17H23N3O4S/c1-11-8-19(9-12(2)23-11)10-20-17(25)24-16(18-20)13-5-6-14(21-3)15(7-13)22-4/h5-7,11-12H,8-10H2,1-4H3. The second kappa shape index (κ2) is 7.55. The van der Waals surface area contributed by atoms with E-state index in [9.17, 15) is 0 Å². The molecule has 1 aromatic carbocycles. The van der Waals surface area contributed by atoms with Gasteiger partial charge in [-0.2, -0.15) is 0 Å². The smallest absolute Gasteiger partial charge is 0.288 e. The summed E-state index contributed by atoms with van der Waals surface area (Å²) in [5.41, 5.74) is 0.784. The van der Waals surface area contributed by atoms with Crippen LogP contribution in [0.5, 0.6) is 11.5 Å². The first-order chi connectivity index (χ1) is 12.0. The van der Waals surface area contributed by atoms with Gasteiger partial charge in [-0.3, -0.25) is 4.90 Å². The Morgan fingerprint density at radius 3 is 2.48 bits per heavy atom. The number of methoxy groups -OCH3 is 2. The first kappa shape index (κ1) is 17.9. The first-order valence-corrected chi connectivity index (χ1v) is 8.59. The average Bonchev–Trinajstić information content (AvgIpc) is 2.94. The molecule has 0 N–H and O–H groups in total. The molecule has 0 spiro atoms. The van der Waals surface area contributed by atoms with Gasteiger partial charge in [-0.1, -0.05) is 0 Å². The molecule has 2 heterocycles. The van der Waals surface area contributed by atoms with E-state index in [1.165, 1.54) is 0 Å². The van der Waals surface area contributed by atoms with E-state index in [1.54, 1.807) is 18.9 Å². The molecule has 0 radical (unpaired) electrons. The van der Waals surface area contributed by atoms with Crippen molar-refractivity contribution in [2.45, 2.75) is 32.7 Å². The van der Waals surface area contributed by atoms with Crippen LogP contribution in [0.1, 0.15) is 13.8 Å². The van der Waals surface area contributed by atoms with Gasteiger partial charge in [0.05, 0.1) is 33.1 Å².